The van der Waals surface area contributed by atoms with Gasteiger partial charge in [-0.15, -0.1) is 0 Å². The van der Waals surface area contributed by atoms with Crippen LogP contribution in [0.4, 0.5) is 4.79 Å². The van der Waals surface area contributed by atoms with Gasteiger partial charge in [0.15, 0.2) is 0 Å². The number of amides is 2. The van der Waals surface area contributed by atoms with Crippen molar-refractivity contribution in [3.05, 3.63) is 59.7 Å². The van der Waals surface area contributed by atoms with Crippen LogP contribution in [0.15, 0.2) is 48.5 Å². The summed E-state index contributed by atoms with van der Waals surface area (Å²) >= 11 is 0. The van der Waals surface area contributed by atoms with Gasteiger partial charge in [-0.1, -0.05) is 62.4 Å². The number of nitrogens with one attached hydrogen (secondary N) is 2. The molecule has 2 bridgehead atoms. The Kier molecular flexibility index (Phi) is 6.26. The summed E-state index contributed by atoms with van der Waals surface area (Å²) in [6, 6.07) is 15.0. The van der Waals surface area contributed by atoms with E-state index in [1.165, 1.54) is 0 Å². The molecule has 0 aliphatic heterocycles. The highest BCUT2D eigenvalue weighted by molar-refractivity contribution is 5.87. The number of aliphatic carboxylic acids is 1. The summed E-state index contributed by atoms with van der Waals surface area (Å²) in [5.74, 6) is -1.70. The summed E-state index contributed by atoms with van der Waals surface area (Å²) in [7, 11) is 0. The predicted molar refractivity (Wildman–Crippen MR) is 131 cm³/mol. The fourth-order valence-corrected chi connectivity index (χ4v) is 6.41. The quantitative estimate of drug-likeness (QED) is 0.557. The van der Waals surface area contributed by atoms with Crippen LogP contribution in [0.1, 0.15) is 50.2 Å². The van der Waals surface area contributed by atoms with Crippen LogP contribution in [0.2, 0.25) is 0 Å². The monoisotopic (exact) mass is 476 g/mol. The van der Waals surface area contributed by atoms with Crippen molar-refractivity contribution in [2.75, 3.05) is 6.61 Å². The zero-order valence-electron chi connectivity index (χ0n) is 20.1. The van der Waals surface area contributed by atoms with Gasteiger partial charge in [0.2, 0.25) is 5.91 Å². The minimum atomic E-state index is -0.854. The van der Waals surface area contributed by atoms with Crippen LogP contribution in [-0.2, 0) is 14.3 Å². The largest absolute Gasteiger partial charge is 0.481 e. The molecule has 5 atom stereocenters. The first-order valence-corrected chi connectivity index (χ1v) is 12.5. The number of alkyl carbamates (subject to hydrolysis) is 1. The molecule has 5 unspecified atom stereocenters. The van der Waals surface area contributed by atoms with Crippen molar-refractivity contribution in [2.24, 2.45) is 23.7 Å². The average molecular weight is 477 g/mol. The first kappa shape index (κ1) is 23.4. The Morgan fingerprint density at radius 2 is 1.57 bits per heavy atom. The van der Waals surface area contributed by atoms with Crippen LogP contribution < -0.4 is 10.6 Å². The molecule has 3 aliphatic carbocycles. The smallest absolute Gasteiger partial charge is 0.407 e. The number of carboxylic acids is 1. The fraction of sp³-hybridized carbons (Fsp3) is 0.464. The maximum Gasteiger partial charge on any atom is 0.407 e. The molecule has 7 heteroatoms. The molecule has 3 aliphatic rings. The van der Waals surface area contributed by atoms with E-state index in [0.29, 0.717) is 0 Å². The Bertz CT molecular complexity index is 1100. The van der Waals surface area contributed by atoms with E-state index in [9.17, 15) is 19.5 Å². The molecule has 2 aromatic rings. The molecule has 2 fully saturated rings. The van der Waals surface area contributed by atoms with Crippen LogP contribution in [0.5, 0.6) is 0 Å². The molecular formula is C28H32N2O5. The second-order valence-corrected chi connectivity index (χ2v) is 10.4. The van der Waals surface area contributed by atoms with Crippen LogP contribution in [0, 0.1) is 23.7 Å². The molecule has 184 valence electrons. The maximum absolute atomic E-state index is 13.1. The molecule has 2 aromatic carbocycles. The lowest BCUT2D eigenvalue weighted by atomic mass is 9.84. The molecule has 0 aromatic heterocycles. The van der Waals surface area contributed by atoms with E-state index >= 15 is 0 Å². The third kappa shape index (κ3) is 4.28. The highest BCUT2D eigenvalue weighted by Crippen LogP contribution is 2.48. The predicted octanol–water partition coefficient (Wildman–Crippen LogP) is 4.17. The topological polar surface area (TPSA) is 105 Å². The number of fused-ring (bicyclic) bond motifs is 5. The SMILES string of the molecule is CC(C)C(NC(=O)OCC1c2ccccc2-c2ccccc21)C(=O)NC1C2CCC(C2)C1C(=O)O. The zero-order chi connectivity index (χ0) is 24.7. The van der Waals surface area contributed by atoms with E-state index < -0.39 is 24.0 Å². The molecule has 5 rings (SSSR count). The standard InChI is InChI=1S/C28H32N2O5/c1-15(2)24(26(31)29-25-17-12-11-16(13-17)23(25)27(32)33)30-28(34)35-14-22-20-9-5-3-7-18(20)19-8-4-6-10-21(19)22/h3-10,15-17,22-25H,11-14H2,1-2H3,(H,29,31)(H,30,34)(H,32,33). The van der Waals surface area contributed by atoms with E-state index in [4.69, 9.17) is 4.74 Å². The third-order valence-electron chi connectivity index (χ3n) is 8.08. The summed E-state index contributed by atoms with van der Waals surface area (Å²) in [4.78, 5) is 37.7. The average Bonchev–Trinajstić information content (AvgIpc) is 3.53. The molecule has 0 heterocycles. The zero-order valence-corrected chi connectivity index (χ0v) is 20.1. The number of hydrogen-bond acceptors (Lipinski definition) is 4. The summed E-state index contributed by atoms with van der Waals surface area (Å²) in [6.45, 7) is 3.87. The highest BCUT2D eigenvalue weighted by Gasteiger charge is 2.52. The first-order valence-electron chi connectivity index (χ1n) is 12.5. The van der Waals surface area contributed by atoms with Crippen LogP contribution in [-0.4, -0.2) is 41.8 Å². The number of benzene rings is 2. The van der Waals surface area contributed by atoms with Crippen molar-refractivity contribution in [1.82, 2.24) is 10.6 Å². The van der Waals surface area contributed by atoms with Crippen LogP contribution in [0.3, 0.4) is 0 Å². The number of carboxylic acid groups (broad SMARTS) is 1. The normalized spacial score (nSPS) is 25.1. The Balaban J connectivity index is 1.23. The lowest BCUT2D eigenvalue weighted by Crippen LogP contribution is -2.55. The summed E-state index contributed by atoms with van der Waals surface area (Å²) in [5.41, 5.74) is 4.54. The number of carbonyl (C=O) groups excluding carboxylic acids is 2. The van der Waals surface area contributed by atoms with Gasteiger partial charge in [-0.2, -0.15) is 0 Å². The molecule has 2 amide bonds. The lowest BCUT2D eigenvalue weighted by molar-refractivity contribution is -0.144. The Morgan fingerprint density at radius 1 is 0.971 bits per heavy atom. The van der Waals surface area contributed by atoms with E-state index in [1.54, 1.807) is 0 Å². The van der Waals surface area contributed by atoms with Gasteiger partial charge in [0.05, 0.1) is 5.92 Å². The second-order valence-electron chi connectivity index (χ2n) is 10.4. The van der Waals surface area contributed by atoms with Crippen molar-refractivity contribution < 1.29 is 24.2 Å². The van der Waals surface area contributed by atoms with Crippen molar-refractivity contribution in [3.63, 3.8) is 0 Å². The molecule has 2 saturated carbocycles. The number of carbonyl (C=O) groups is 3. The molecule has 35 heavy (non-hydrogen) atoms. The van der Waals surface area contributed by atoms with E-state index in [1.807, 2.05) is 38.1 Å². The van der Waals surface area contributed by atoms with Crippen LogP contribution >= 0.6 is 0 Å². The van der Waals surface area contributed by atoms with E-state index in [2.05, 4.69) is 34.9 Å². The minimum absolute atomic E-state index is 0.0650. The Labute approximate surface area is 205 Å². The molecule has 0 radical (unpaired) electrons. The lowest BCUT2D eigenvalue weighted by Gasteiger charge is -2.31. The molecule has 3 N–H and O–H groups in total. The molecule has 0 spiro atoms. The van der Waals surface area contributed by atoms with Crippen molar-refractivity contribution >= 4 is 18.0 Å². The third-order valence-corrected chi connectivity index (χ3v) is 8.08. The van der Waals surface area contributed by atoms with Gasteiger partial charge in [0.1, 0.15) is 12.6 Å². The summed E-state index contributed by atoms with van der Waals surface area (Å²) in [5, 5.41) is 15.4. The van der Waals surface area contributed by atoms with Gasteiger partial charge in [0, 0.05) is 12.0 Å². The van der Waals surface area contributed by atoms with Crippen molar-refractivity contribution in [2.45, 2.75) is 51.1 Å². The fourth-order valence-electron chi connectivity index (χ4n) is 6.41. The van der Waals surface area contributed by atoms with E-state index in [0.717, 1.165) is 41.5 Å². The summed E-state index contributed by atoms with van der Waals surface area (Å²) in [6.07, 6.45) is 2.03. The van der Waals surface area contributed by atoms with Gasteiger partial charge in [-0.25, -0.2) is 4.79 Å². The van der Waals surface area contributed by atoms with Gasteiger partial charge in [-0.05, 0) is 59.3 Å². The molecule has 7 nitrogen and oxygen atoms in total. The maximum atomic E-state index is 13.1. The number of ether oxygens (including phenoxy) is 1. The van der Waals surface area contributed by atoms with Gasteiger partial charge >= 0.3 is 12.1 Å². The second kappa shape index (κ2) is 9.36. The highest BCUT2D eigenvalue weighted by atomic mass is 16.5. The van der Waals surface area contributed by atoms with Crippen molar-refractivity contribution in [1.29, 1.82) is 0 Å². The molecular weight excluding hydrogens is 444 g/mol. The Hall–Kier alpha value is -3.35. The Morgan fingerprint density at radius 3 is 2.17 bits per heavy atom. The number of hydrogen-bond donors (Lipinski definition) is 3. The minimum Gasteiger partial charge on any atom is -0.481 e. The van der Waals surface area contributed by atoms with Gasteiger partial charge in [-0.3, -0.25) is 9.59 Å². The van der Waals surface area contributed by atoms with Crippen LogP contribution in [0.25, 0.3) is 11.1 Å². The van der Waals surface area contributed by atoms with E-state index in [-0.39, 0.29) is 42.2 Å². The molecule has 0 saturated heterocycles. The summed E-state index contributed by atoms with van der Waals surface area (Å²) < 4.78 is 5.63. The van der Waals surface area contributed by atoms with Gasteiger partial charge in [0.25, 0.3) is 0 Å². The first-order chi connectivity index (χ1) is 16.8. The van der Waals surface area contributed by atoms with Gasteiger partial charge < -0.3 is 20.5 Å². The van der Waals surface area contributed by atoms with Crippen molar-refractivity contribution in [3.8, 4) is 11.1 Å². The number of rotatable bonds is 7.